The molecule has 0 saturated carbocycles. The number of hydrogen-bond donors (Lipinski definition) is 2. The fourth-order valence-corrected chi connectivity index (χ4v) is 3.72. The Balaban J connectivity index is 1.78. The first-order valence-corrected chi connectivity index (χ1v) is 9.47. The number of hydrogen-bond acceptors (Lipinski definition) is 2. The number of allylic oxidation sites excluding steroid dienone is 1. The number of amides is 1. The maximum Gasteiger partial charge on any atom is 0.272 e. The molecule has 0 unspecified atom stereocenters. The summed E-state index contributed by atoms with van der Waals surface area (Å²) in [6.45, 7) is 10.8. The third-order valence-electron chi connectivity index (χ3n) is 5.23. The van der Waals surface area contributed by atoms with Crippen LogP contribution in [0.2, 0.25) is 0 Å². The largest absolute Gasteiger partial charge is 0.332 e. The number of nitrogens with one attached hydrogen (secondary N) is 2. The van der Waals surface area contributed by atoms with E-state index in [1.807, 2.05) is 35.8 Å². The van der Waals surface area contributed by atoms with Gasteiger partial charge in [-0.2, -0.15) is 5.10 Å². The first kappa shape index (κ1) is 18.0. The number of anilines is 1. The van der Waals surface area contributed by atoms with E-state index < -0.39 is 0 Å². The lowest BCUT2D eigenvalue weighted by Gasteiger charge is -2.10. The standard InChI is InChI=1S/C23H24N4O/c1-5-10-27-21-9-7-16(14(2)3)11-19(21)15(4)22(27)23(28)25-18-8-6-17-13-24-26-20(17)12-18/h5-9,11-14H,1,10H2,2-4H3,(H,24,26)(H,25,28). The highest BCUT2D eigenvalue weighted by Crippen LogP contribution is 2.30. The van der Waals surface area contributed by atoms with Gasteiger partial charge in [0.1, 0.15) is 5.69 Å². The van der Waals surface area contributed by atoms with E-state index in [4.69, 9.17) is 0 Å². The lowest BCUT2D eigenvalue weighted by atomic mass is 10.0. The van der Waals surface area contributed by atoms with Crippen molar-refractivity contribution in [2.45, 2.75) is 33.2 Å². The molecule has 5 heteroatoms. The van der Waals surface area contributed by atoms with E-state index in [0.717, 1.165) is 33.1 Å². The highest BCUT2D eigenvalue weighted by atomic mass is 16.2. The van der Waals surface area contributed by atoms with Gasteiger partial charge < -0.3 is 9.88 Å². The van der Waals surface area contributed by atoms with E-state index in [0.29, 0.717) is 18.2 Å². The van der Waals surface area contributed by atoms with Crippen LogP contribution in [0.1, 0.15) is 41.4 Å². The zero-order chi connectivity index (χ0) is 19.8. The van der Waals surface area contributed by atoms with Gasteiger partial charge >= 0.3 is 0 Å². The van der Waals surface area contributed by atoms with Crippen LogP contribution in [0.15, 0.2) is 55.3 Å². The molecule has 2 aromatic carbocycles. The number of fused-ring (bicyclic) bond motifs is 2. The van der Waals surface area contributed by atoms with Crippen LogP contribution < -0.4 is 5.32 Å². The number of nitrogens with zero attached hydrogens (tertiary/aromatic N) is 2. The minimum Gasteiger partial charge on any atom is -0.332 e. The SMILES string of the molecule is C=CCn1c(C(=O)Nc2ccc3cn[nH]c3c2)c(C)c2cc(C(C)C)ccc21. The van der Waals surface area contributed by atoms with Crippen molar-refractivity contribution in [2.75, 3.05) is 5.32 Å². The average molecular weight is 372 g/mol. The molecule has 2 aromatic heterocycles. The molecule has 0 aliphatic heterocycles. The molecule has 28 heavy (non-hydrogen) atoms. The molecule has 0 fully saturated rings. The number of benzene rings is 2. The summed E-state index contributed by atoms with van der Waals surface area (Å²) in [4.78, 5) is 13.2. The molecule has 0 aliphatic rings. The van der Waals surface area contributed by atoms with Gasteiger partial charge in [-0.1, -0.05) is 26.0 Å². The highest BCUT2D eigenvalue weighted by Gasteiger charge is 2.20. The Morgan fingerprint density at radius 3 is 2.86 bits per heavy atom. The van der Waals surface area contributed by atoms with Crippen molar-refractivity contribution in [1.82, 2.24) is 14.8 Å². The van der Waals surface area contributed by atoms with E-state index >= 15 is 0 Å². The Kier molecular flexibility index (Phi) is 4.51. The molecule has 142 valence electrons. The van der Waals surface area contributed by atoms with Gasteiger partial charge in [0.15, 0.2) is 0 Å². The van der Waals surface area contributed by atoms with Crippen molar-refractivity contribution < 1.29 is 4.79 Å². The Morgan fingerprint density at radius 1 is 1.29 bits per heavy atom. The summed E-state index contributed by atoms with van der Waals surface area (Å²) in [5, 5.41) is 12.1. The monoisotopic (exact) mass is 372 g/mol. The minimum atomic E-state index is -0.125. The number of aromatic amines is 1. The number of aryl methyl sites for hydroxylation is 1. The molecule has 0 aliphatic carbocycles. The first-order valence-electron chi connectivity index (χ1n) is 9.47. The number of rotatable bonds is 5. The van der Waals surface area contributed by atoms with Crippen molar-refractivity contribution in [3.8, 4) is 0 Å². The Morgan fingerprint density at radius 2 is 2.11 bits per heavy atom. The quantitative estimate of drug-likeness (QED) is 0.462. The summed E-state index contributed by atoms with van der Waals surface area (Å²) in [6, 6.07) is 12.2. The molecule has 1 amide bonds. The molecule has 0 atom stereocenters. The smallest absolute Gasteiger partial charge is 0.272 e. The Labute approximate surface area is 164 Å². The van der Waals surface area contributed by atoms with Gasteiger partial charge in [-0.15, -0.1) is 6.58 Å². The van der Waals surface area contributed by atoms with Crippen LogP contribution in [-0.2, 0) is 6.54 Å². The predicted octanol–water partition coefficient (Wildman–Crippen LogP) is 5.39. The second-order valence-electron chi connectivity index (χ2n) is 7.43. The van der Waals surface area contributed by atoms with Gasteiger partial charge in [0.2, 0.25) is 0 Å². The van der Waals surface area contributed by atoms with Crippen LogP contribution in [0.3, 0.4) is 0 Å². The summed E-state index contributed by atoms with van der Waals surface area (Å²) in [7, 11) is 0. The van der Waals surface area contributed by atoms with Crippen molar-refractivity contribution >= 4 is 33.4 Å². The van der Waals surface area contributed by atoms with Crippen LogP contribution in [0, 0.1) is 6.92 Å². The molecule has 0 saturated heterocycles. The van der Waals surface area contributed by atoms with Gasteiger partial charge in [0.05, 0.1) is 11.7 Å². The number of aromatic nitrogens is 3. The Bertz CT molecular complexity index is 1200. The van der Waals surface area contributed by atoms with E-state index in [9.17, 15) is 4.79 Å². The molecule has 5 nitrogen and oxygen atoms in total. The van der Waals surface area contributed by atoms with Gasteiger partial charge in [-0.3, -0.25) is 9.89 Å². The second kappa shape index (κ2) is 7.00. The topological polar surface area (TPSA) is 62.7 Å². The van der Waals surface area contributed by atoms with Gasteiger partial charge in [0, 0.05) is 28.5 Å². The summed E-state index contributed by atoms with van der Waals surface area (Å²) >= 11 is 0. The van der Waals surface area contributed by atoms with Crippen LogP contribution in [-0.4, -0.2) is 20.7 Å². The van der Waals surface area contributed by atoms with Crippen LogP contribution in [0.25, 0.3) is 21.8 Å². The fraction of sp³-hybridized carbons (Fsp3) is 0.217. The van der Waals surface area contributed by atoms with Gasteiger partial charge in [0.25, 0.3) is 5.91 Å². The molecule has 4 aromatic rings. The van der Waals surface area contributed by atoms with E-state index in [2.05, 4.69) is 54.1 Å². The molecular formula is C23H24N4O. The molecule has 2 heterocycles. The van der Waals surface area contributed by atoms with Gasteiger partial charge in [-0.05, 0) is 54.3 Å². The molecule has 0 radical (unpaired) electrons. The predicted molar refractivity (Wildman–Crippen MR) is 115 cm³/mol. The summed E-state index contributed by atoms with van der Waals surface area (Å²) in [6.07, 6.45) is 3.59. The molecule has 0 spiro atoms. The third-order valence-corrected chi connectivity index (χ3v) is 5.23. The minimum absolute atomic E-state index is 0.125. The van der Waals surface area contributed by atoms with E-state index in [1.165, 1.54) is 5.56 Å². The zero-order valence-corrected chi connectivity index (χ0v) is 16.4. The average Bonchev–Trinajstić information content (AvgIpc) is 3.24. The lowest BCUT2D eigenvalue weighted by molar-refractivity contribution is 0.101. The normalized spacial score (nSPS) is 11.4. The van der Waals surface area contributed by atoms with Gasteiger partial charge in [-0.25, -0.2) is 0 Å². The van der Waals surface area contributed by atoms with Crippen molar-refractivity contribution in [1.29, 1.82) is 0 Å². The molecular weight excluding hydrogens is 348 g/mol. The maximum absolute atomic E-state index is 13.2. The number of carbonyl (C=O) groups is 1. The summed E-state index contributed by atoms with van der Waals surface area (Å²) in [5.41, 5.74) is 5.60. The van der Waals surface area contributed by atoms with Crippen molar-refractivity contribution in [3.63, 3.8) is 0 Å². The van der Waals surface area contributed by atoms with Crippen molar-refractivity contribution in [3.05, 3.63) is 72.1 Å². The summed E-state index contributed by atoms with van der Waals surface area (Å²) in [5.74, 6) is 0.311. The fourth-order valence-electron chi connectivity index (χ4n) is 3.72. The number of carbonyl (C=O) groups excluding carboxylic acids is 1. The first-order chi connectivity index (χ1) is 13.5. The van der Waals surface area contributed by atoms with Crippen LogP contribution >= 0.6 is 0 Å². The molecule has 0 bridgehead atoms. The number of H-pyrrole nitrogens is 1. The van der Waals surface area contributed by atoms with Crippen LogP contribution in [0.4, 0.5) is 5.69 Å². The Hall–Kier alpha value is -3.34. The highest BCUT2D eigenvalue weighted by molar-refractivity contribution is 6.09. The molecule has 4 rings (SSSR count). The lowest BCUT2D eigenvalue weighted by Crippen LogP contribution is -2.18. The third kappa shape index (κ3) is 2.99. The van der Waals surface area contributed by atoms with E-state index in [-0.39, 0.29) is 5.91 Å². The van der Waals surface area contributed by atoms with Crippen LogP contribution in [0.5, 0.6) is 0 Å². The van der Waals surface area contributed by atoms with E-state index in [1.54, 1.807) is 6.20 Å². The summed E-state index contributed by atoms with van der Waals surface area (Å²) < 4.78 is 2.03. The second-order valence-corrected chi connectivity index (χ2v) is 7.43. The maximum atomic E-state index is 13.2. The van der Waals surface area contributed by atoms with Crippen molar-refractivity contribution in [2.24, 2.45) is 0 Å². The zero-order valence-electron chi connectivity index (χ0n) is 16.4. The molecule has 2 N–H and O–H groups in total.